The molecule has 0 saturated heterocycles. The average Bonchev–Trinajstić information content (AvgIpc) is 2.78. The summed E-state index contributed by atoms with van der Waals surface area (Å²) >= 11 is 0. The fraction of sp³-hybridized carbons (Fsp3) is 0.0625. The Bertz CT molecular complexity index is 773. The zero-order valence-corrected chi connectivity index (χ0v) is 10.4. The molecule has 0 aliphatic rings. The van der Waals surface area contributed by atoms with Gasteiger partial charge in [0.15, 0.2) is 5.78 Å². The maximum Gasteiger partial charge on any atom is 0.161 e. The molecular weight excluding hydrogens is 241 g/mol. The standard InChI is InChI=1S/C16H11FNO/c1-11(19)15-10-18(13-6-4-5-12(17)9-13)16-8-3-2-7-14(15)16/h2,4-10H,1H3. The number of rotatable bonds is 2. The molecule has 2 nitrogen and oxygen atoms in total. The van der Waals surface area contributed by atoms with Crippen LogP contribution in [0.2, 0.25) is 0 Å². The van der Waals surface area contributed by atoms with E-state index in [1.165, 1.54) is 19.1 Å². The quantitative estimate of drug-likeness (QED) is 0.636. The molecule has 3 aromatic rings. The third kappa shape index (κ3) is 1.93. The minimum atomic E-state index is -0.302. The highest BCUT2D eigenvalue weighted by Gasteiger charge is 2.12. The highest BCUT2D eigenvalue weighted by Crippen LogP contribution is 2.25. The van der Waals surface area contributed by atoms with Gasteiger partial charge < -0.3 is 4.57 Å². The Labute approximate surface area is 110 Å². The van der Waals surface area contributed by atoms with Gasteiger partial charge in [-0.3, -0.25) is 4.79 Å². The lowest BCUT2D eigenvalue weighted by molar-refractivity contribution is 0.101. The molecule has 0 saturated carbocycles. The van der Waals surface area contributed by atoms with Crippen molar-refractivity contribution in [3.8, 4) is 5.69 Å². The van der Waals surface area contributed by atoms with Crippen LogP contribution in [0, 0.1) is 11.9 Å². The Morgan fingerprint density at radius 1 is 1.32 bits per heavy atom. The number of hydrogen-bond donors (Lipinski definition) is 0. The van der Waals surface area contributed by atoms with Gasteiger partial charge in [-0.2, -0.15) is 0 Å². The number of carbonyl (C=O) groups is 1. The van der Waals surface area contributed by atoms with Gasteiger partial charge in [-0.05, 0) is 37.3 Å². The van der Waals surface area contributed by atoms with Crippen molar-refractivity contribution in [1.29, 1.82) is 0 Å². The summed E-state index contributed by atoms with van der Waals surface area (Å²) in [5, 5.41) is 0.857. The Kier molecular flexibility index (Phi) is 2.67. The van der Waals surface area contributed by atoms with E-state index < -0.39 is 0 Å². The molecule has 1 heterocycles. The van der Waals surface area contributed by atoms with Crippen LogP contribution in [0.3, 0.4) is 0 Å². The van der Waals surface area contributed by atoms with E-state index in [9.17, 15) is 9.18 Å². The molecule has 0 bridgehead atoms. The summed E-state index contributed by atoms with van der Waals surface area (Å²) in [5.41, 5.74) is 2.17. The summed E-state index contributed by atoms with van der Waals surface area (Å²) in [5.74, 6) is -0.310. The van der Waals surface area contributed by atoms with Crippen LogP contribution in [0.5, 0.6) is 0 Å². The molecule has 93 valence electrons. The molecule has 0 unspecified atom stereocenters. The number of benzene rings is 2. The summed E-state index contributed by atoms with van der Waals surface area (Å²) in [4.78, 5) is 11.7. The first kappa shape index (κ1) is 11.7. The molecule has 3 heteroatoms. The Morgan fingerprint density at radius 3 is 2.89 bits per heavy atom. The monoisotopic (exact) mass is 252 g/mol. The molecule has 2 aromatic carbocycles. The molecule has 1 radical (unpaired) electrons. The molecule has 0 spiro atoms. The molecule has 3 rings (SSSR count). The van der Waals surface area contributed by atoms with Crippen LogP contribution in [-0.2, 0) is 0 Å². The van der Waals surface area contributed by atoms with Crippen molar-refractivity contribution in [1.82, 2.24) is 4.57 Å². The molecule has 0 aliphatic heterocycles. The maximum absolute atomic E-state index is 13.3. The van der Waals surface area contributed by atoms with Crippen LogP contribution < -0.4 is 0 Å². The summed E-state index contributed by atoms with van der Waals surface area (Å²) in [6, 6.07) is 14.7. The van der Waals surface area contributed by atoms with Crippen LogP contribution in [-0.4, -0.2) is 10.4 Å². The van der Waals surface area contributed by atoms with Crippen LogP contribution in [0.25, 0.3) is 16.6 Å². The molecule has 0 N–H and O–H groups in total. The molecule has 0 amide bonds. The van der Waals surface area contributed by atoms with Crippen LogP contribution in [0.4, 0.5) is 4.39 Å². The van der Waals surface area contributed by atoms with E-state index in [4.69, 9.17) is 0 Å². The summed E-state index contributed by atoms with van der Waals surface area (Å²) in [6.07, 6.45) is 1.75. The molecule has 0 fully saturated rings. The summed E-state index contributed by atoms with van der Waals surface area (Å²) < 4.78 is 15.1. The summed E-state index contributed by atoms with van der Waals surface area (Å²) in [7, 11) is 0. The fourth-order valence-electron chi connectivity index (χ4n) is 2.24. The lowest BCUT2D eigenvalue weighted by atomic mass is 10.1. The largest absolute Gasteiger partial charge is 0.316 e. The van der Waals surface area contributed by atoms with E-state index >= 15 is 0 Å². The number of nitrogens with zero attached hydrogens (tertiary/aromatic N) is 1. The van der Waals surface area contributed by atoms with E-state index in [-0.39, 0.29) is 11.6 Å². The average molecular weight is 252 g/mol. The van der Waals surface area contributed by atoms with E-state index in [0.717, 1.165) is 10.9 Å². The number of hydrogen-bond acceptors (Lipinski definition) is 1. The number of Topliss-reactive ketones (excluding diaryl/α,β-unsaturated/α-hetero) is 1. The highest BCUT2D eigenvalue weighted by molar-refractivity contribution is 6.07. The zero-order chi connectivity index (χ0) is 13.4. The van der Waals surface area contributed by atoms with Crippen LogP contribution >= 0.6 is 0 Å². The lowest BCUT2D eigenvalue weighted by Gasteiger charge is -2.04. The Balaban J connectivity index is 2.33. The van der Waals surface area contributed by atoms with Gasteiger partial charge in [-0.25, -0.2) is 4.39 Å². The van der Waals surface area contributed by atoms with Crippen molar-refractivity contribution >= 4 is 16.7 Å². The second-order valence-corrected chi connectivity index (χ2v) is 4.39. The van der Waals surface area contributed by atoms with Crippen LogP contribution in [0.15, 0.2) is 48.7 Å². The minimum absolute atomic E-state index is 0.00801. The first-order valence-corrected chi connectivity index (χ1v) is 5.95. The fourth-order valence-corrected chi connectivity index (χ4v) is 2.24. The van der Waals surface area contributed by atoms with Crippen LogP contribution in [0.1, 0.15) is 17.3 Å². The number of fused-ring (bicyclic) bond motifs is 1. The van der Waals surface area contributed by atoms with E-state index in [0.29, 0.717) is 11.3 Å². The van der Waals surface area contributed by atoms with Gasteiger partial charge in [-0.1, -0.05) is 18.2 Å². The van der Waals surface area contributed by atoms with Crippen molar-refractivity contribution in [2.75, 3.05) is 0 Å². The van der Waals surface area contributed by atoms with Crippen molar-refractivity contribution in [2.45, 2.75) is 6.92 Å². The van der Waals surface area contributed by atoms with Gasteiger partial charge in [0.2, 0.25) is 0 Å². The lowest BCUT2D eigenvalue weighted by Crippen LogP contribution is -1.93. The Morgan fingerprint density at radius 2 is 2.16 bits per heavy atom. The van der Waals surface area contributed by atoms with Gasteiger partial charge in [0.1, 0.15) is 5.82 Å². The van der Waals surface area contributed by atoms with Gasteiger partial charge in [0.05, 0.1) is 5.52 Å². The Hall–Kier alpha value is -2.42. The topological polar surface area (TPSA) is 22.0 Å². The third-order valence-electron chi connectivity index (χ3n) is 3.12. The second kappa shape index (κ2) is 4.35. The number of halogens is 1. The van der Waals surface area contributed by atoms with Gasteiger partial charge in [0.25, 0.3) is 0 Å². The smallest absolute Gasteiger partial charge is 0.161 e. The van der Waals surface area contributed by atoms with E-state index in [1.54, 1.807) is 30.5 Å². The van der Waals surface area contributed by atoms with E-state index in [2.05, 4.69) is 6.07 Å². The number of aromatic nitrogens is 1. The molecule has 19 heavy (non-hydrogen) atoms. The van der Waals surface area contributed by atoms with Crippen molar-refractivity contribution in [3.05, 3.63) is 66.1 Å². The molecular formula is C16H11FNO. The number of carbonyl (C=O) groups excluding carboxylic acids is 1. The molecule has 1 aromatic heterocycles. The zero-order valence-electron chi connectivity index (χ0n) is 10.4. The second-order valence-electron chi connectivity index (χ2n) is 4.39. The third-order valence-corrected chi connectivity index (χ3v) is 3.12. The van der Waals surface area contributed by atoms with Crippen molar-refractivity contribution < 1.29 is 9.18 Å². The van der Waals surface area contributed by atoms with Crippen molar-refractivity contribution in [2.24, 2.45) is 0 Å². The molecule has 0 aliphatic carbocycles. The normalized spacial score (nSPS) is 10.8. The minimum Gasteiger partial charge on any atom is -0.316 e. The SMILES string of the molecule is CC(=O)c1cn(-c2cccc(F)c2)c2c[c]ccc12. The highest BCUT2D eigenvalue weighted by atomic mass is 19.1. The van der Waals surface area contributed by atoms with Gasteiger partial charge in [0, 0.05) is 22.8 Å². The number of ketones is 1. The predicted molar refractivity (Wildman–Crippen MR) is 72.1 cm³/mol. The molecule has 0 atom stereocenters. The van der Waals surface area contributed by atoms with E-state index in [1.807, 2.05) is 10.6 Å². The first-order valence-electron chi connectivity index (χ1n) is 5.95. The van der Waals surface area contributed by atoms with Gasteiger partial charge in [-0.15, -0.1) is 0 Å². The first-order chi connectivity index (χ1) is 9.16. The van der Waals surface area contributed by atoms with Crippen molar-refractivity contribution in [3.63, 3.8) is 0 Å². The predicted octanol–water partition coefficient (Wildman–Crippen LogP) is 3.77. The van der Waals surface area contributed by atoms with Gasteiger partial charge >= 0.3 is 0 Å². The summed E-state index contributed by atoms with van der Waals surface area (Å²) in [6.45, 7) is 1.53. The maximum atomic E-state index is 13.3.